The fraction of sp³-hybridized carbons (Fsp3) is 0.619. The Labute approximate surface area is 149 Å². The van der Waals surface area contributed by atoms with Crippen LogP contribution in [0.4, 0.5) is 4.79 Å². The first-order valence-electron chi connectivity index (χ1n) is 9.73. The summed E-state index contributed by atoms with van der Waals surface area (Å²) in [4.78, 5) is 25.1. The average Bonchev–Trinajstić information content (AvgIpc) is 3.02. The quantitative estimate of drug-likeness (QED) is 0.822. The first-order chi connectivity index (χ1) is 12.0. The summed E-state index contributed by atoms with van der Waals surface area (Å²) in [6, 6.07) is 6.28. The summed E-state index contributed by atoms with van der Waals surface area (Å²) in [7, 11) is 0. The van der Waals surface area contributed by atoms with Gasteiger partial charge in [-0.15, -0.1) is 0 Å². The predicted molar refractivity (Wildman–Crippen MR) is 97.2 cm³/mol. The van der Waals surface area contributed by atoms with Crippen molar-refractivity contribution in [3.8, 4) is 0 Å². The monoisotopic (exact) mass is 340 g/mol. The molecule has 1 saturated carbocycles. The minimum atomic E-state index is -0.853. The van der Waals surface area contributed by atoms with E-state index in [0.29, 0.717) is 5.92 Å². The molecule has 0 bridgehead atoms. The topological polar surface area (TPSA) is 58.2 Å². The van der Waals surface area contributed by atoms with Gasteiger partial charge in [0, 0.05) is 5.41 Å². The minimum Gasteiger partial charge on any atom is -0.319 e. The summed E-state index contributed by atoms with van der Waals surface area (Å²) in [6.45, 7) is 4.47. The van der Waals surface area contributed by atoms with Gasteiger partial charge in [0.1, 0.15) is 0 Å². The van der Waals surface area contributed by atoms with Crippen LogP contribution < -0.4 is 10.6 Å². The van der Waals surface area contributed by atoms with E-state index in [1.54, 1.807) is 0 Å². The number of aryl methyl sites for hydroxylation is 1. The van der Waals surface area contributed by atoms with Crippen LogP contribution in [0.15, 0.2) is 18.2 Å². The highest BCUT2D eigenvalue weighted by Gasteiger charge is 2.65. The highest BCUT2D eigenvalue weighted by Crippen LogP contribution is 2.58. The van der Waals surface area contributed by atoms with Gasteiger partial charge in [-0.25, -0.2) is 4.79 Å². The van der Waals surface area contributed by atoms with Crippen LogP contribution in [0.25, 0.3) is 0 Å². The number of carbonyl (C=O) groups excluding carboxylic acids is 2. The van der Waals surface area contributed by atoms with Crippen molar-refractivity contribution in [1.82, 2.24) is 10.6 Å². The Bertz CT molecular complexity index is 719. The molecule has 0 aromatic heterocycles. The zero-order valence-electron chi connectivity index (χ0n) is 15.3. The number of hydrogen-bond acceptors (Lipinski definition) is 2. The van der Waals surface area contributed by atoms with Crippen LogP contribution in [0.5, 0.6) is 0 Å². The normalized spacial score (nSPS) is 27.0. The van der Waals surface area contributed by atoms with Gasteiger partial charge in [-0.1, -0.05) is 51.3 Å². The molecule has 0 radical (unpaired) electrons. The van der Waals surface area contributed by atoms with Crippen molar-refractivity contribution < 1.29 is 9.59 Å². The third-order valence-corrected chi connectivity index (χ3v) is 6.59. The Kier molecular flexibility index (Phi) is 3.89. The Morgan fingerprint density at radius 3 is 2.52 bits per heavy atom. The number of urea groups is 1. The minimum absolute atomic E-state index is 0.140. The number of fused-ring (bicyclic) bond motifs is 3. The van der Waals surface area contributed by atoms with Crippen molar-refractivity contribution in [2.45, 2.75) is 70.8 Å². The Morgan fingerprint density at radius 1 is 1.12 bits per heavy atom. The molecule has 4 nitrogen and oxygen atoms in total. The smallest absolute Gasteiger partial charge is 0.319 e. The molecule has 134 valence electrons. The lowest BCUT2D eigenvalue weighted by atomic mass is 9.62. The molecule has 1 aliphatic heterocycles. The standard InChI is InChI=1S/C21H28N2O2/c1-14(2)6-7-15-8-9-16-13-20(10-4-3-5-11-20)21(17(16)12-15)18(24)22-19(25)23-21/h8-9,12,14H,3-7,10-11,13H2,1-2H3,(H2,22,23,24,25). The maximum atomic E-state index is 13.0. The molecule has 1 unspecified atom stereocenters. The lowest BCUT2D eigenvalue weighted by Crippen LogP contribution is -2.55. The fourth-order valence-corrected chi connectivity index (χ4v) is 5.32. The van der Waals surface area contributed by atoms with Crippen molar-refractivity contribution >= 4 is 11.9 Å². The summed E-state index contributed by atoms with van der Waals surface area (Å²) >= 11 is 0. The van der Waals surface area contributed by atoms with Crippen molar-refractivity contribution in [2.24, 2.45) is 11.3 Å². The molecule has 1 aromatic rings. The third kappa shape index (κ3) is 2.41. The van der Waals surface area contributed by atoms with Crippen LogP contribution in [0.3, 0.4) is 0 Å². The number of imide groups is 1. The van der Waals surface area contributed by atoms with Gasteiger partial charge in [0.2, 0.25) is 0 Å². The van der Waals surface area contributed by atoms with E-state index in [-0.39, 0.29) is 17.4 Å². The predicted octanol–water partition coefficient (Wildman–Crippen LogP) is 3.82. The molecule has 4 heteroatoms. The van der Waals surface area contributed by atoms with Crippen LogP contribution in [-0.4, -0.2) is 11.9 Å². The lowest BCUT2D eigenvalue weighted by molar-refractivity contribution is -0.130. The summed E-state index contributed by atoms with van der Waals surface area (Å²) in [6.07, 6.45) is 8.58. The molecule has 1 heterocycles. The van der Waals surface area contributed by atoms with Crippen LogP contribution in [0.1, 0.15) is 69.1 Å². The summed E-state index contributed by atoms with van der Waals surface area (Å²) in [5.41, 5.74) is 2.56. The molecular weight excluding hydrogens is 312 g/mol. The van der Waals surface area contributed by atoms with E-state index in [2.05, 4.69) is 42.7 Å². The second kappa shape index (κ2) is 5.86. The molecule has 1 atom stereocenters. The Morgan fingerprint density at radius 2 is 1.88 bits per heavy atom. The first-order valence-corrected chi connectivity index (χ1v) is 9.73. The van der Waals surface area contributed by atoms with E-state index in [1.807, 2.05) is 0 Å². The summed E-state index contributed by atoms with van der Waals surface area (Å²) in [5.74, 6) is 0.514. The second-order valence-corrected chi connectivity index (χ2v) is 8.60. The molecule has 1 saturated heterocycles. The van der Waals surface area contributed by atoms with Crippen molar-refractivity contribution in [2.75, 3.05) is 0 Å². The van der Waals surface area contributed by atoms with Crippen LogP contribution in [0, 0.1) is 11.3 Å². The van der Waals surface area contributed by atoms with E-state index in [1.165, 1.54) is 17.5 Å². The van der Waals surface area contributed by atoms with Gasteiger partial charge in [-0.2, -0.15) is 0 Å². The van der Waals surface area contributed by atoms with Gasteiger partial charge >= 0.3 is 6.03 Å². The van der Waals surface area contributed by atoms with Gasteiger partial charge in [0.05, 0.1) is 0 Å². The van der Waals surface area contributed by atoms with Crippen molar-refractivity contribution in [3.63, 3.8) is 0 Å². The molecule has 1 aromatic carbocycles. The number of benzene rings is 1. The van der Waals surface area contributed by atoms with Crippen LogP contribution in [0.2, 0.25) is 0 Å². The molecule has 3 amide bonds. The maximum absolute atomic E-state index is 13.0. The van der Waals surface area contributed by atoms with E-state index in [4.69, 9.17) is 0 Å². The zero-order chi connectivity index (χ0) is 17.7. The van der Waals surface area contributed by atoms with E-state index in [9.17, 15) is 9.59 Å². The fourth-order valence-electron chi connectivity index (χ4n) is 5.32. The van der Waals surface area contributed by atoms with E-state index in [0.717, 1.165) is 50.5 Å². The number of rotatable bonds is 3. The number of nitrogens with one attached hydrogen (secondary N) is 2. The number of amides is 3. The highest BCUT2D eigenvalue weighted by atomic mass is 16.2. The van der Waals surface area contributed by atoms with Gasteiger partial charge in [0.15, 0.2) is 5.54 Å². The second-order valence-electron chi connectivity index (χ2n) is 8.60. The molecule has 2 N–H and O–H groups in total. The van der Waals surface area contributed by atoms with Gasteiger partial charge < -0.3 is 5.32 Å². The average molecular weight is 340 g/mol. The van der Waals surface area contributed by atoms with Gasteiger partial charge in [0.25, 0.3) is 5.91 Å². The highest BCUT2D eigenvalue weighted by molar-refractivity contribution is 6.08. The van der Waals surface area contributed by atoms with Gasteiger partial charge in [-0.05, 0) is 54.7 Å². The van der Waals surface area contributed by atoms with Crippen molar-refractivity contribution in [1.29, 1.82) is 0 Å². The lowest BCUT2D eigenvalue weighted by Gasteiger charge is -2.44. The Hall–Kier alpha value is -1.84. The van der Waals surface area contributed by atoms with E-state index < -0.39 is 5.54 Å². The third-order valence-electron chi connectivity index (χ3n) is 6.59. The summed E-state index contributed by atoms with van der Waals surface area (Å²) in [5, 5.41) is 5.63. The largest absolute Gasteiger partial charge is 0.322 e. The van der Waals surface area contributed by atoms with Gasteiger partial charge in [-0.3, -0.25) is 10.1 Å². The Balaban J connectivity index is 1.79. The van der Waals surface area contributed by atoms with Crippen LogP contribution >= 0.6 is 0 Å². The molecule has 4 rings (SSSR count). The molecular formula is C21H28N2O2. The molecule has 2 aliphatic carbocycles. The molecule has 25 heavy (non-hydrogen) atoms. The van der Waals surface area contributed by atoms with Crippen LogP contribution in [-0.2, 0) is 23.2 Å². The first kappa shape index (κ1) is 16.6. The number of hydrogen-bond donors (Lipinski definition) is 2. The summed E-state index contributed by atoms with van der Waals surface area (Å²) < 4.78 is 0. The molecule has 3 aliphatic rings. The molecule has 2 spiro atoms. The van der Waals surface area contributed by atoms with E-state index >= 15 is 0 Å². The maximum Gasteiger partial charge on any atom is 0.322 e. The molecule has 2 fully saturated rings. The van der Waals surface area contributed by atoms with Crippen molar-refractivity contribution in [3.05, 3.63) is 34.9 Å². The zero-order valence-corrected chi connectivity index (χ0v) is 15.3. The number of carbonyl (C=O) groups is 2. The SMILES string of the molecule is CC(C)CCc1ccc2c(c1)C1(NC(=O)NC1=O)C1(CCCCC1)C2.